The van der Waals surface area contributed by atoms with Crippen LogP contribution in [0, 0.1) is 5.92 Å². The molecule has 6 N–H and O–H groups in total. The van der Waals surface area contributed by atoms with Gasteiger partial charge in [0.15, 0.2) is 11.5 Å². The summed E-state index contributed by atoms with van der Waals surface area (Å²) in [4.78, 5) is 11.8. The van der Waals surface area contributed by atoms with E-state index in [1.165, 1.54) is 6.07 Å². The number of aliphatic hydroxyl groups excluding tert-OH is 4. The molecule has 1 amide bonds. The average molecular weight is 325 g/mol. The molecule has 1 fully saturated rings. The minimum absolute atomic E-state index is 0.0229. The van der Waals surface area contributed by atoms with Crippen LogP contribution < -0.4 is 15.2 Å². The van der Waals surface area contributed by atoms with Crippen molar-refractivity contribution < 1.29 is 34.7 Å². The maximum absolute atomic E-state index is 11.8. The summed E-state index contributed by atoms with van der Waals surface area (Å²) in [6.07, 6.45) is -3.78. The number of hydrogen-bond donors (Lipinski definition) is 5. The van der Waals surface area contributed by atoms with E-state index < -0.39 is 42.7 Å². The summed E-state index contributed by atoms with van der Waals surface area (Å²) in [6.45, 7) is -0.392. The zero-order valence-corrected chi connectivity index (χ0v) is 12.3. The zero-order chi connectivity index (χ0) is 16.7. The molecule has 3 rings (SSSR count). The third-order valence-electron chi connectivity index (χ3n) is 4.62. The highest BCUT2D eigenvalue weighted by Gasteiger charge is 2.44. The second-order valence-electron chi connectivity index (χ2n) is 5.89. The molecule has 1 aromatic rings. The van der Waals surface area contributed by atoms with Gasteiger partial charge < -0.3 is 35.6 Å². The predicted octanol–water partition coefficient (Wildman–Crippen LogP) is -1.31. The van der Waals surface area contributed by atoms with Crippen LogP contribution in [-0.4, -0.2) is 58.0 Å². The molecule has 0 unspecified atom stereocenters. The highest BCUT2D eigenvalue weighted by molar-refractivity contribution is 5.95. The maximum Gasteiger partial charge on any atom is 0.249 e. The molecule has 1 saturated carbocycles. The molecule has 1 heterocycles. The molecule has 23 heavy (non-hydrogen) atoms. The van der Waals surface area contributed by atoms with E-state index in [0.717, 1.165) is 0 Å². The lowest BCUT2D eigenvalue weighted by Gasteiger charge is -2.41. The summed E-state index contributed by atoms with van der Waals surface area (Å²) in [5.41, 5.74) is 6.05. The van der Waals surface area contributed by atoms with Crippen molar-refractivity contribution >= 4 is 5.91 Å². The first-order chi connectivity index (χ1) is 10.9. The van der Waals surface area contributed by atoms with Crippen LogP contribution in [0.4, 0.5) is 0 Å². The van der Waals surface area contributed by atoms with Crippen molar-refractivity contribution in [3.05, 3.63) is 23.3 Å². The molecular weight excluding hydrogens is 306 g/mol. The van der Waals surface area contributed by atoms with Crippen LogP contribution in [0.3, 0.4) is 0 Å². The molecule has 0 bridgehead atoms. The van der Waals surface area contributed by atoms with E-state index in [2.05, 4.69) is 0 Å². The minimum Gasteiger partial charge on any atom is -0.454 e. The first-order valence-corrected chi connectivity index (χ1v) is 7.32. The molecule has 0 radical (unpaired) electrons. The van der Waals surface area contributed by atoms with Gasteiger partial charge in [0.25, 0.3) is 0 Å². The van der Waals surface area contributed by atoms with Gasteiger partial charge in [-0.1, -0.05) is 0 Å². The lowest BCUT2D eigenvalue weighted by atomic mass is 9.70. The van der Waals surface area contributed by atoms with Crippen molar-refractivity contribution in [2.75, 3.05) is 13.4 Å². The van der Waals surface area contributed by atoms with Crippen LogP contribution in [-0.2, 0) is 0 Å². The molecular formula is C15H19NO7. The number of ether oxygens (including phenoxy) is 2. The number of hydrogen-bond acceptors (Lipinski definition) is 7. The average Bonchev–Trinajstić information content (AvgIpc) is 2.98. The van der Waals surface area contributed by atoms with E-state index >= 15 is 0 Å². The summed E-state index contributed by atoms with van der Waals surface area (Å²) >= 11 is 0. The van der Waals surface area contributed by atoms with E-state index in [-0.39, 0.29) is 18.8 Å². The molecule has 126 valence electrons. The summed E-state index contributed by atoms with van der Waals surface area (Å²) in [5.74, 6) is -1.18. The number of carbonyl (C=O) groups excluding carboxylic acids is 1. The van der Waals surface area contributed by atoms with Crippen molar-refractivity contribution in [3.8, 4) is 11.5 Å². The second-order valence-corrected chi connectivity index (χ2v) is 5.89. The Morgan fingerprint density at radius 3 is 2.43 bits per heavy atom. The highest BCUT2D eigenvalue weighted by atomic mass is 16.7. The Balaban J connectivity index is 2.07. The third-order valence-corrected chi connectivity index (χ3v) is 4.62. The van der Waals surface area contributed by atoms with Crippen LogP contribution in [0.15, 0.2) is 12.1 Å². The highest BCUT2D eigenvalue weighted by Crippen LogP contribution is 2.44. The Morgan fingerprint density at radius 2 is 1.83 bits per heavy atom. The molecule has 8 nitrogen and oxygen atoms in total. The molecule has 0 saturated heterocycles. The molecule has 0 aromatic heterocycles. The van der Waals surface area contributed by atoms with E-state index in [1.54, 1.807) is 6.07 Å². The SMILES string of the molecule is NC(=O)c1cc2c(cc1[C@@H]1C[C@H](O)[C@H](O)[C@@H](O)[C@@H]1CO)OCO2. The Labute approximate surface area is 132 Å². The number of benzene rings is 1. The molecule has 1 aromatic carbocycles. The monoisotopic (exact) mass is 325 g/mol. The zero-order valence-electron chi connectivity index (χ0n) is 12.3. The van der Waals surface area contributed by atoms with Crippen LogP contribution in [0.1, 0.15) is 28.3 Å². The number of carbonyl (C=O) groups is 1. The van der Waals surface area contributed by atoms with Crippen molar-refractivity contribution in [1.29, 1.82) is 0 Å². The summed E-state index contributed by atoms with van der Waals surface area (Å²) in [7, 11) is 0. The van der Waals surface area contributed by atoms with E-state index in [0.29, 0.717) is 17.1 Å². The van der Waals surface area contributed by atoms with Crippen LogP contribution >= 0.6 is 0 Å². The smallest absolute Gasteiger partial charge is 0.249 e. The van der Waals surface area contributed by atoms with E-state index in [1.807, 2.05) is 0 Å². The van der Waals surface area contributed by atoms with Gasteiger partial charge in [0.1, 0.15) is 6.10 Å². The minimum atomic E-state index is -1.35. The van der Waals surface area contributed by atoms with Gasteiger partial charge in [-0.25, -0.2) is 0 Å². The van der Waals surface area contributed by atoms with Gasteiger partial charge in [-0.2, -0.15) is 0 Å². The van der Waals surface area contributed by atoms with Gasteiger partial charge in [0.2, 0.25) is 12.7 Å². The topological polar surface area (TPSA) is 142 Å². The predicted molar refractivity (Wildman–Crippen MR) is 77.0 cm³/mol. The van der Waals surface area contributed by atoms with Gasteiger partial charge in [0.05, 0.1) is 12.2 Å². The van der Waals surface area contributed by atoms with Gasteiger partial charge in [-0.3, -0.25) is 4.79 Å². The van der Waals surface area contributed by atoms with E-state index in [4.69, 9.17) is 15.2 Å². The largest absolute Gasteiger partial charge is 0.454 e. The standard InChI is InChI=1S/C15H19NO7/c16-15(21)8-3-12-11(22-5-23-12)2-7(8)6-1-10(18)14(20)13(19)9(6)4-17/h2-3,6,9-10,13-14,17-20H,1,4-5H2,(H2,16,21)/t6-,9+,10-,13-,14-/m0/s1. The Morgan fingerprint density at radius 1 is 1.17 bits per heavy atom. The quantitative estimate of drug-likeness (QED) is 0.464. The van der Waals surface area contributed by atoms with Crippen molar-refractivity contribution in [2.45, 2.75) is 30.7 Å². The number of amides is 1. The molecule has 2 aliphatic rings. The van der Waals surface area contributed by atoms with Crippen molar-refractivity contribution in [1.82, 2.24) is 0 Å². The van der Waals surface area contributed by atoms with Crippen LogP contribution in [0.5, 0.6) is 11.5 Å². The lowest BCUT2D eigenvalue weighted by Crippen LogP contribution is -2.51. The first-order valence-electron chi connectivity index (χ1n) is 7.32. The fourth-order valence-corrected chi connectivity index (χ4v) is 3.36. The number of nitrogens with two attached hydrogens (primary N) is 1. The van der Waals surface area contributed by atoms with Crippen LogP contribution in [0.2, 0.25) is 0 Å². The van der Waals surface area contributed by atoms with Crippen molar-refractivity contribution in [2.24, 2.45) is 11.7 Å². The summed E-state index contributed by atoms with van der Waals surface area (Å²) in [5, 5.41) is 39.5. The molecule has 1 aliphatic carbocycles. The fourth-order valence-electron chi connectivity index (χ4n) is 3.36. The normalized spacial score (nSPS) is 32.8. The number of primary amides is 1. The number of rotatable bonds is 3. The molecule has 8 heteroatoms. The van der Waals surface area contributed by atoms with Gasteiger partial charge in [-0.05, 0) is 30.0 Å². The summed E-state index contributed by atoms with van der Waals surface area (Å²) < 4.78 is 10.5. The number of aliphatic hydroxyl groups is 4. The molecule has 5 atom stereocenters. The second kappa shape index (κ2) is 5.97. The first kappa shape index (κ1) is 16.0. The van der Waals surface area contributed by atoms with Gasteiger partial charge in [0, 0.05) is 18.1 Å². The third kappa shape index (κ3) is 2.63. The van der Waals surface area contributed by atoms with Gasteiger partial charge >= 0.3 is 0 Å². The lowest BCUT2D eigenvalue weighted by molar-refractivity contribution is -0.126. The Kier molecular flexibility index (Phi) is 4.15. The maximum atomic E-state index is 11.8. The Bertz CT molecular complexity index is 620. The van der Waals surface area contributed by atoms with Crippen LogP contribution in [0.25, 0.3) is 0 Å². The molecule has 1 aliphatic heterocycles. The van der Waals surface area contributed by atoms with Gasteiger partial charge in [-0.15, -0.1) is 0 Å². The Hall–Kier alpha value is -1.87. The molecule has 0 spiro atoms. The fraction of sp³-hybridized carbons (Fsp3) is 0.533. The number of fused-ring (bicyclic) bond motifs is 1. The van der Waals surface area contributed by atoms with Crippen molar-refractivity contribution in [3.63, 3.8) is 0 Å². The summed E-state index contributed by atoms with van der Waals surface area (Å²) in [6, 6.07) is 3.03. The van der Waals surface area contributed by atoms with E-state index in [9.17, 15) is 25.2 Å².